The molecule has 1 N–H and O–H groups in total. The van der Waals surface area contributed by atoms with Crippen LogP contribution in [0.1, 0.15) is 36.3 Å². The summed E-state index contributed by atoms with van der Waals surface area (Å²) in [7, 11) is 2.18. The molecule has 0 unspecified atom stereocenters. The van der Waals surface area contributed by atoms with Crippen molar-refractivity contribution >= 4 is 42.3 Å². The van der Waals surface area contributed by atoms with Gasteiger partial charge in [0.05, 0.1) is 17.3 Å². The first-order chi connectivity index (χ1) is 15.7. The SMILES string of the molecule is CN1CCCN(c2ccc(-c3cc(C4CC4)cc(Nc4cc(C#N)ccn4)n3)cn2)CC1.Cl.Cl. The number of hydrogen-bond acceptors (Lipinski definition) is 7. The van der Waals surface area contributed by atoms with E-state index in [-0.39, 0.29) is 24.8 Å². The fourth-order valence-corrected chi connectivity index (χ4v) is 4.12. The highest BCUT2D eigenvalue weighted by Crippen LogP contribution is 2.42. The van der Waals surface area contributed by atoms with E-state index < -0.39 is 0 Å². The number of nitrogens with zero attached hydrogens (tertiary/aromatic N) is 6. The van der Waals surface area contributed by atoms with Gasteiger partial charge in [-0.05, 0) is 80.7 Å². The molecule has 3 aromatic rings. The van der Waals surface area contributed by atoms with Gasteiger partial charge in [-0.25, -0.2) is 15.0 Å². The predicted octanol–water partition coefficient (Wildman–Crippen LogP) is 5.02. The van der Waals surface area contributed by atoms with E-state index in [1.54, 1.807) is 18.3 Å². The van der Waals surface area contributed by atoms with Gasteiger partial charge in [0.2, 0.25) is 0 Å². The van der Waals surface area contributed by atoms with Crippen LogP contribution >= 0.6 is 24.8 Å². The molecule has 0 atom stereocenters. The maximum absolute atomic E-state index is 9.16. The first kappa shape index (κ1) is 25.7. The Kier molecular flexibility index (Phi) is 8.67. The molecule has 9 heteroatoms. The van der Waals surface area contributed by atoms with Crippen molar-refractivity contribution in [3.8, 4) is 17.3 Å². The molecule has 2 aliphatic rings. The summed E-state index contributed by atoms with van der Waals surface area (Å²) in [5.41, 5.74) is 3.77. The largest absolute Gasteiger partial charge is 0.355 e. The van der Waals surface area contributed by atoms with Crippen LogP contribution in [0.5, 0.6) is 0 Å². The lowest BCUT2D eigenvalue weighted by Crippen LogP contribution is -2.29. The third-order valence-electron chi connectivity index (χ3n) is 6.13. The Morgan fingerprint density at radius 1 is 0.971 bits per heavy atom. The molecule has 1 saturated carbocycles. The van der Waals surface area contributed by atoms with Crippen molar-refractivity contribution in [2.75, 3.05) is 43.4 Å². The van der Waals surface area contributed by atoms with Crippen molar-refractivity contribution in [3.63, 3.8) is 0 Å². The molecular weight excluding hydrogens is 469 g/mol. The Labute approximate surface area is 213 Å². The molecular formula is C25H29Cl2N7. The average molecular weight is 498 g/mol. The van der Waals surface area contributed by atoms with E-state index in [1.165, 1.54) is 18.4 Å². The molecule has 0 aromatic carbocycles. The third-order valence-corrected chi connectivity index (χ3v) is 6.13. The first-order valence-corrected chi connectivity index (χ1v) is 11.2. The van der Waals surface area contributed by atoms with Crippen LogP contribution in [0.4, 0.5) is 17.5 Å². The lowest BCUT2D eigenvalue weighted by Gasteiger charge is -2.21. The number of aromatic nitrogens is 3. The van der Waals surface area contributed by atoms with E-state index in [1.807, 2.05) is 6.20 Å². The Morgan fingerprint density at radius 3 is 2.56 bits per heavy atom. The lowest BCUT2D eigenvalue weighted by molar-refractivity contribution is 0.360. The molecule has 34 heavy (non-hydrogen) atoms. The number of anilines is 3. The number of likely N-dealkylation sites (N-methyl/N-ethyl adjacent to an activating group) is 1. The second-order valence-corrected chi connectivity index (χ2v) is 8.66. The molecule has 178 valence electrons. The first-order valence-electron chi connectivity index (χ1n) is 11.2. The standard InChI is InChI=1S/C25H27N7.2ClH/c1-31-9-2-10-32(12-11-31)25-6-5-20(17-28-25)22-14-21(19-3-4-19)15-24(29-22)30-23-13-18(16-26)7-8-27-23;;/h5-8,13-15,17,19H,2-4,9-12H2,1H3,(H,27,29,30);2*1H. The Balaban J connectivity index is 0.00000162. The van der Waals surface area contributed by atoms with Crippen molar-refractivity contribution < 1.29 is 0 Å². The highest BCUT2D eigenvalue weighted by molar-refractivity contribution is 5.85. The number of nitriles is 1. The number of nitrogens with one attached hydrogen (secondary N) is 1. The second kappa shape index (κ2) is 11.5. The molecule has 1 aliphatic heterocycles. The van der Waals surface area contributed by atoms with Gasteiger partial charge in [-0.1, -0.05) is 0 Å². The highest BCUT2D eigenvalue weighted by Gasteiger charge is 2.25. The Hall–Kier alpha value is -2.92. The van der Waals surface area contributed by atoms with Crippen molar-refractivity contribution in [2.45, 2.75) is 25.2 Å². The van der Waals surface area contributed by atoms with Crippen LogP contribution in [0.3, 0.4) is 0 Å². The van der Waals surface area contributed by atoms with Crippen molar-refractivity contribution in [1.82, 2.24) is 19.9 Å². The van der Waals surface area contributed by atoms with Crippen molar-refractivity contribution in [1.29, 1.82) is 5.26 Å². The van der Waals surface area contributed by atoms with E-state index in [9.17, 15) is 0 Å². The van der Waals surface area contributed by atoms with Crippen LogP contribution < -0.4 is 10.2 Å². The second-order valence-electron chi connectivity index (χ2n) is 8.66. The smallest absolute Gasteiger partial charge is 0.132 e. The van der Waals surface area contributed by atoms with Crippen LogP contribution in [0.15, 0.2) is 48.8 Å². The zero-order valence-electron chi connectivity index (χ0n) is 19.1. The number of rotatable bonds is 5. The van der Waals surface area contributed by atoms with Crippen LogP contribution in [0.25, 0.3) is 11.3 Å². The lowest BCUT2D eigenvalue weighted by atomic mass is 10.1. The summed E-state index contributed by atoms with van der Waals surface area (Å²) in [6.45, 7) is 4.23. The summed E-state index contributed by atoms with van der Waals surface area (Å²) >= 11 is 0. The van der Waals surface area contributed by atoms with Gasteiger partial charge in [0.15, 0.2) is 0 Å². The minimum atomic E-state index is 0. The summed E-state index contributed by atoms with van der Waals surface area (Å²) < 4.78 is 0. The quantitative estimate of drug-likeness (QED) is 0.529. The summed E-state index contributed by atoms with van der Waals surface area (Å²) in [5, 5.41) is 12.4. The number of halogens is 2. The summed E-state index contributed by atoms with van der Waals surface area (Å²) in [5.74, 6) is 2.98. The van der Waals surface area contributed by atoms with Gasteiger partial charge in [-0.15, -0.1) is 24.8 Å². The minimum absolute atomic E-state index is 0. The van der Waals surface area contributed by atoms with Gasteiger partial charge < -0.3 is 15.1 Å². The molecule has 0 amide bonds. The van der Waals surface area contributed by atoms with Gasteiger partial charge in [0.1, 0.15) is 17.5 Å². The molecule has 7 nitrogen and oxygen atoms in total. The Morgan fingerprint density at radius 2 is 1.82 bits per heavy atom. The summed E-state index contributed by atoms with van der Waals surface area (Å²) in [6.07, 6.45) is 7.15. The minimum Gasteiger partial charge on any atom is -0.355 e. The zero-order valence-corrected chi connectivity index (χ0v) is 20.8. The molecule has 3 aromatic heterocycles. The molecule has 0 bridgehead atoms. The topological polar surface area (TPSA) is 81.0 Å². The average Bonchev–Trinajstić information content (AvgIpc) is 3.68. The van der Waals surface area contributed by atoms with Crippen LogP contribution in [0, 0.1) is 11.3 Å². The maximum Gasteiger partial charge on any atom is 0.132 e. The molecule has 1 aliphatic carbocycles. The van der Waals surface area contributed by atoms with Crippen LogP contribution in [-0.2, 0) is 0 Å². The summed E-state index contributed by atoms with van der Waals surface area (Å²) in [6, 6.07) is 14.1. The molecule has 0 spiro atoms. The zero-order chi connectivity index (χ0) is 21.9. The molecule has 1 saturated heterocycles. The van der Waals surface area contributed by atoms with Gasteiger partial charge in [0, 0.05) is 37.6 Å². The third kappa shape index (κ3) is 6.15. The fraction of sp³-hybridized carbons (Fsp3) is 0.360. The van der Waals surface area contributed by atoms with Gasteiger partial charge in [-0.2, -0.15) is 5.26 Å². The molecule has 5 rings (SSSR count). The Bertz CT molecular complexity index is 1140. The van der Waals surface area contributed by atoms with Gasteiger partial charge >= 0.3 is 0 Å². The monoisotopic (exact) mass is 497 g/mol. The maximum atomic E-state index is 9.16. The van der Waals surface area contributed by atoms with Crippen LogP contribution in [0.2, 0.25) is 0 Å². The van der Waals surface area contributed by atoms with Gasteiger partial charge in [0.25, 0.3) is 0 Å². The normalized spacial score (nSPS) is 15.9. The van der Waals surface area contributed by atoms with E-state index >= 15 is 0 Å². The van der Waals surface area contributed by atoms with E-state index in [0.29, 0.717) is 17.3 Å². The van der Waals surface area contributed by atoms with E-state index in [4.69, 9.17) is 15.2 Å². The van der Waals surface area contributed by atoms with Crippen LogP contribution in [-0.4, -0.2) is 53.1 Å². The molecule has 2 fully saturated rings. The fourth-order valence-electron chi connectivity index (χ4n) is 4.12. The van der Waals surface area contributed by atoms with Gasteiger partial charge in [-0.3, -0.25) is 0 Å². The van der Waals surface area contributed by atoms with Crippen molar-refractivity contribution in [3.05, 3.63) is 59.9 Å². The number of hydrogen-bond donors (Lipinski definition) is 1. The highest BCUT2D eigenvalue weighted by atomic mass is 35.5. The predicted molar refractivity (Wildman–Crippen MR) is 141 cm³/mol. The summed E-state index contributed by atoms with van der Waals surface area (Å²) in [4.78, 5) is 18.7. The van der Waals surface area contributed by atoms with E-state index in [2.05, 4.69) is 57.5 Å². The number of pyridine rings is 3. The van der Waals surface area contributed by atoms with Crippen molar-refractivity contribution in [2.24, 2.45) is 0 Å². The van der Waals surface area contributed by atoms with E-state index in [0.717, 1.165) is 55.5 Å². The molecule has 4 heterocycles. The molecule has 0 radical (unpaired) electrons.